The predicted molar refractivity (Wildman–Crippen MR) is 95.4 cm³/mol. The third kappa shape index (κ3) is 3.06. The molecular formula is C16H14F3IN4. The third-order valence-corrected chi connectivity index (χ3v) is 4.38. The Balaban J connectivity index is 2.27. The highest BCUT2D eigenvalue weighted by atomic mass is 127. The van der Waals surface area contributed by atoms with Gasteiger partial charge in [-0.05, 0) is 47.2 Å². The minimum Gasteiger partial charge on any atom is -0.383 e. The highest BCUT2D eigenvalue weighted by Crippen LogP contribution is 2.37. The molecule has 4 nitrogen and oxygen atoms in total. The molecule has 0 radical (unpaired) electrons. The number of alkyl halides is 3. The molecule has 2 heterocycles. The van der Waals surface area contributed by atoms with Crippen LogP contribution in [0.1, 0.15) is 19.0 Å². The molecule has 0 atom stereocenters. The van der Waals surface area contributed by atoms with Gasteiger partial charge in [-0.25, -0.2) is 9.67 Å². The lowest BCUT2D eigenvalue weighted by molar-refractivity contribution is -0.140. The van der Waals surface area contributed by atoms with Crippen LogP contribution in [0, 0.1) is 3.57 Å². The van der Waals surface area contributed by atoms with Crippen LogP contribution < -0.4 is 5.32 Å². The summed E-state index contributed by atoms with van der Waals surface area (Å²) in [6.07, 6.45) is -2.15. The van der Waals surface area contributed by atoms with Crippen LogP contribution in [0.3, 0.4) is 0 Å². The molecule has 0 bridgehead atoms. The zero-order chi connectivity index (χ0) is 17.3. The maximum absolute atomic E-state index is 13.4. The van der Waals surface area contributed by atoms with Gasteiger partial charge in [0.15, 0.2) is 11.3 Å². The molecular weight excluding hydrogens is 432 g/mol. The smallest absolute Gasteiger partial charge is 0.383 e. The highest BCUT2D eigenvalue weighted by Gasteiger charge is 2.38. The Hall–Kier alpha value is -1.84. The summed E-state index contributed by atoms with van der Waals surface area (Å²) in [5.41, 5.74) is 0.541. The molecule has 0 aliphatic carbocycles. The summed E-state index contributed by atoms with van der Waals surface area (Å²) in [4.78, 5) is 4.14. The predicted octanol–water partition coefficient (Wildman–Crippen LogP) is 4.87. The zero-order valence-electron chi connectivity index (χ0n) is 12.7. The van der Waals surface area contributed by atoms with E-state index in [1.54, 1.807) is 18.2 Å². The maximum Gasteiger partial charge on any atom is 0.435 e. The van der Waals surface area contributed by atoms with Gasteiger partial charge in [0.1, 0.15) is 0 Å². The SMILES string of the molecule is CCCNc1ccccc1-n1nc(C(F)(F)F)c2c(I)ccnc21. The largest absolute Gasteiger partial charge is 0.435 e. The Labute approximate surface area is 150 Å². The van der Waals surface area contributed by atoms with Gasteiger partial charge in [-0.1, -0.05) is 19.1 Å². The number of halogens is 4. The van der Waals surface area contributed by atoms with Gasteiger partial charge < -0.3 is 5.32 Å². The Kier molecular flexibility index (Phi) is 4.66. The lowest BCUT2D eigenvalue weighted by Crippen LogP contribution is -2.09. The first-order valence-corrected chi connectivity index (χ1v) is 8.45. The van der Waals surface area contributed by atoms with Gasteiger partial charge >= 0.3 is 6.18 Å². The molecule has 0 amide bonds. The average Bonchev–Trinajstić information content (AvgIpc) is 2.94. The summed E-state index contributed by atoms with van der Waals surface area (Å²) < 4.78 is 42.0. The average molecular weight is 446 g/mol. The van der Waals surface area contributed by atoms with E-state index in [4.69, 9.17) is 0 Å². The van der Waals surface area contributed by atoms with E-state index in [9.17, 15) is 13.2 Å². The van der Waals surface area contributed by atoms with Crippen molar-refractivity contribution in [1.29, 1.82) is 0 Å². The quantitative estimate of drug-likeness (QED) is 0.582. The first-order valence-electron chi connectivity index (χ1n) is 7.37. The van der Waals surface area contributed by atoms with E-state index in [-0.39, 0.29) is 11.0 Å². The van der Waals surface area contributed by atoms with E-state index in [0.29, 0.717) is 15.8 Å². The number of benzene rings is 1. The molecule has 0 saturated heterocycles. The van der Waals surface area contributed by atoms with E-state index < -0.39 is 11.9 Å². The van der Waals surface area contributed by atoms with Gasteiger partial charge in [-0.2, -0.15) is 18.3 Å². The van der Waals surface area contributed by atoms with Gasteiger partial charge in [0.05, 0.1) is 16.8 Å². The van der Waals surface area contributed by atoms with E-state index in [1.165, 1.54) is 10.9 Å². The number of hydrogen-bond acceptors (Lipinski definition) is 3. The standard InChI is InChI=1S/C16H14F3IN4/c1-2-8-21-11-5-3-4-6-12(11)24-15-13(10(20)7-9-22-15)14(23-24)16(17,18)19/h3-7,9,21H,2,8H2,1H3. The summed E-state index contributed by atoms with van der Waals surface area (Å²) in [7, 11) is 0. The number of fused-ring (bicyclic) bond motifs is 1. The van der Waals surface area contributed by atoms with Crippen LogP contribution in [0.15, 0.2) is 36.5 Å². The second kappa shape index (κ2) is 6.58. The van der Waals surface area contributed by atoms with Crippen LogP contribution in [0.4, 0.5) is 18.9 Å². The number of nitrogens with one attached hydrogen (secondary N) is 1. The van der Waals surface area contributed by atoms with Crippen molar-refractivity contribution in [2.75, 3.05) is 11.9 Å². The molecule has 0 fully saturated rings. The minimum atomic E-state index is -4.54. The number of para-hydroxylation sites is 2. The maximum atomic E-state index is 13.4. The molecule has 0 aliphatic rings. The number of rotatable bonds is 4. The molecule has 0 saturated carbocycles. The topological polar surface area (TPSA) is 42.7 Å². The van der Waals surface area contributed by atoms with Crippen molar-refractivity contribution >= 4 is 39.3 Å². The van der Waals surface area contributed by atoms with Crippen molar-refractivity contribution in [2.24, 2.45) is 0 Å². The molecule has 8 heteroatoms. The molecule has 0 spiro atoms. The fourth-order valence-corrected chi connectivity index (χ4v) is 3.10. The molecule has 3 aromatic rings. The summed E-state index contributed by atoms with van der Waals surface area (Å²) in [5, 5.41) is 7.09. The molecule has 3 rings (SSSR count). The first-order chi connectivity index (χ1) is 11.4. The fraction of sp³-hybridized carbons (Fsp3) is 0.250. The molecule has 126 valence electrons. The van der Waals surface area contributed by atoms with Crippen molar-refractivity contribution in [2.45, 2.75) is 19.5 Å². The van der Waals surface area contributed by atoms with Crippen LogP contribution in [0.5, 0.6) is 0 Å². The minimum absolute atomic E-state index is 0.0240. The summed E-state index contributed by atoms with van der Waals surface area (Å²) in [6.45, 7) is 2.73. The molecule has 2 aromatic heterocycles. The third-order valence-electron chi connectivity index (χ3n) is 3.48. The lowest BCUT2D eigenvalue weighted by atomic mass is 10.2. The van der Waals surface area contributed by atoms with Crippen LogP contribution in [-0.2, 0) is 6.18 Å². The molecule has 0 aliphatic heterocycles. The van der Waals surface area contributed by atoms with Gasteiger partial charge in [0.2, 0.25) is 0 Å². The van der Waals surface area contributed by atoms with Gasteiger partial charge in [-0.15, -0.1) is 0 Å². The van der Waals surface area contributed by atoms with Crippen molar-refractivity contribution in [3.63, 3.8) is 0 Å². The van der Waals surface area contributed by atoms with E-state index in [2.05, 4.69) is 15.4 Å². The zero-order valence-corrected chi connectivity index (χ0v) is 14.9. The van der Waals surface area contributed by atoms with Crippen molar-refractivity contribution in [1.82, 2.24) is 14.8 Å². The molecule has 0 unspecified atom stereocenters. The van der Waals surface area contributed by atoms with E-state index in [1.807, 2.05) is 41.6 Å². The van der Waals surface area contributed by atoms with Gasteiger partial charge in [-0.3, -0.25) is 0 Å². The fourth-order valence-electron chi connectivity index (χ4n) is 2.44. The van der Waals surface area contributed by atoms with Crippen LogP contribution in [0.2, 0.25) is 0 Å². The number of anilines is 1. The van der Waals surface area contributed by atoms with E-state index in [0.717, 1.165) is 12.1 Å². The first kappa shape index (κ1) is 17.0. The normalized spacial score (nSPS) is 11.9. The monoisotopic (exact) mass is 446 g/mol. The molecule has 1 aromatic carbocycles. The Morgan fingerprint density at radius 2 is 1.96 bits per heavy atom. The molecule has 24 heavy (non-hydrogen) atoms. The highest BCUT2D eigenvalue weighted by molar-refractivity contribution is 14.1. The van der Waals surface area contributed by atoms with Gasteiger partial charge in [0.25, 0.3) is 0 Å². The summed E-state index contributed by atoms with van der Waals surface area (Å²) in [6, 6.07) is 8.69. The number of pyridine rings is 1. The van der Waals surface area contributed by atoms with Crippen molar-refractivity contribution in [3.8, 4) is 5.69 Å². The van der Waals surface area contributed by atoms with Crippen molar-refractivity contribution < 1.29 is 13.2 Å². The van der Waals surface area contributed by atoms with Gasteiger partial charge in [0, 0.05) is 16.3 Å². The number of hydrogen-bond donors (Lipinski definition) is 1. The van der Waals surface area contributed by atoms with Crippen LogP contribution in [-0.4, -0.2) is 21.3 Å². The van der Waals surface area contributed by atoms with Crippen molar-refractivity contribution in [3.05, 3.63) is 45.8 Å². The number of aromatic nitrogens is 3. The second-order valence-electron chi connectivity index (χ2n) is 5.19. The Morgan fingerprint density at radius 1 is 1.21 bits per heavy atom. The summed E-state index contributed by atoms with van der Waals surface area (Å²) >= 11 is 1.88. The molecule has 1 N–H and O–H groups in total. The van der Waals surface area contributed by atoms with E-state index >= 15 is 0 Å². The van der Waals surface area contributed by atoms with Crippen LogP contribution >= 0.6 is 22.6 Å². The number of nitrogens with zero attached hydrogens (tertiary/aromatic N) is 3. The summed E-state index contributed by atoms with van der Waals surface area (Å²) in [5.74, 6) is 0. The Morgan fingerprint density at radius 3 is 2.67 bits per heavy atom. The Bertz CT molecular complexity index is 873. The second-order valence-corrected chi connectivity index (χ2v) is 6.36. The lowest BCUT2D eigenvalue weighted by Gasteiger charge is -2.11. The van der Waals surface area contributed by atoms with Crippen LogP contribution in [0.25, 0.3) is 16.7 Å².